The average molecular weight is 430 g/mol. The maximum Gasteiger partial charge on any atom is 0.207 e. The third-order valence-electron chi connectivity index (χ3n) is 4.75. The number of carbonyl (C=O) groups excluding carboxylic acids is 1. The van der Waals surface area contributed by atoms with Gasteiger partial charge >= 0.3 is 0 Å². The average Bonchev–Trinajstić information content (AvgIpc) is 2.77. The predicted molar refractivity (Wildman–Crippen MR) is 123 cm³/mol. The number of hydrogen-bond donors (Lipinski definition) is 0. The van der Waals surface area contributed by atoms with Gasteiger partial charge in [0.05, 0.1) is 40.7 Å². The Balaban J connectivity index is 2.54. The predicted octanol–water partition coefficient (Wildman–Crippen LogP) is 4.47. The first-order chi connectivity index (χ1) is 14.8. The summed E-state index contributed by atoms with van der Waals surface area (Å²) < 4.78 is 27.5. The molecule has 7 nitrogen and oxygen atoms in total. The first-order valence-corrected chi connectivity index (χ1v) is 9.86. The van der Waals surface area contributed by atoms with Crippen LogP contribution in [0.3, 0.4) is 0 Å². The van der Waals surface area contributed by atoms with Gasteiger partial charge in [0.1, 0.15) is 5.75 Å². The molecule has 0 atom stereocenters. The van der Waals surface area contributed by atoms with Gasteiger partial charge in [-0.3, -0.25) is 4.79 Å². The number of allylic oxidation sites excluding steroid dienone is 1. The Morgan fingerprint density at radius 2 is 1.55 bits per heavy atom. The lowest BCUT2D eigenvalue weighted by molar-refractivity contribution is 0.103. The molecule has 7 heteroatoms. The van der Waals surface area contributed by atoms with Crippen LogP contribution in [0.1, 0.15) is 29.8 Å². The van der Waals surface area contributed by atoms with E-state index in [9.17, 15) is 4.79 Å². The smallest absolute Gasteiger partial charge is 0.207 e. The standard InChI is InChI=1S/C24H31NO6/c1-9-31-19-11-10-16(13-18(19)25(3)4)21(26)15(2)12-17-14-20(27-5)23(29-7)24(30-8)22(17)28-6/h10-14H,9H2,1-8H3/b15-12+. The van der Waals surface area contributed by atoms with Gasteiger partial charge in [0, 0.05) is 25.2 Å². The largest absolute Gasteiger partial charge is 0.493 e. The van der Waals surface area contributed by atoms with Crippen molar-refractivity contribution in [3.05, 3.63) is 41.0 Å². The Bertz CT molecular complexity index is 965. The van der Waals surface area contributed by atoms with Crippen LogP contribution >= 0.6 is 0 Å². The minimum Gasteiger partial charge on any atom is -0.493 e. The first-order valence-electron chi connectivity index (χ1n) is 9.86. The highest BCUT2D eigenvalue weighted by Gasteiger charge is 2.21. The molecule has 31 heavy (non-hydrogen) atoms. The third-order valence-corrected chi connectivity index (χ3v) is 4.75. The molecule has 2 rings (SSSR count). The Labute approximate surface area is 184 Å². The molecule has 0 saturated carbocycles. The molecule has 0 aliphatic rings. The number of hydrogen-bond acceptors (Lipinski definition) is 7. The summed E-state index contributed by atoms with van der Waals surface area (Å²) in [5.41, 5.74) is 2.57. The first kappa shape index (κ1) is 23.9. The molecule has 168 valence electrons. The van der Waals surface area contributed by atoms with Gasteiger partial charge in [-0.05, 0) is 49.8 Å². The van der Waals surface area contributed by atoms with E-state index < -0.39 is 0 Å². The summed E-state index contributed by atoms with van der Waals surface area (Å²) in [5, 5.41) is 0. The number of anilines is 1. The van der Waals surface area contributed by atoms with Crippen molar-refractivity contribution in [2.75, 3.05) is 54.0 Å². The SMILES string of the molecule is CCOc1ccc(C(=O)/C(C)=C/c2cc(OC)c(OC)c(OC)c2OC)cc1N(C)C. The minimum absolute atomic E-state index is 0.109. The van der Waals surface area contributed by atoms with E-state index in [0.717, 1.165) is 11.4 Å². The molecule has 2 aromatic rings. The van der Waals surface area contributed by atoms with Crippen molar-refractivity contribution in [3.63, 3.8) is 0 Å². The molecule has 0 N–H and O–H groups in total. The third kappa shape index (κ3) is 5.05. The van der Waals surface area contributed by atoms with E-state index in [1.165, 1.54) is 28.4 Å². The van der Waals surface area contributed by atoms with Gasteiger partial charge in [-0.15, -0.1) is 0 Å². The zero-order valence-corrected chi connectivity index (χ0v) is 19.5. The van der Waals surface area contributed by atoms with Gasteiger partial charge in [-0.2, -0.15) is 0 Å². The van der Waals surface area contributed by atoms with E-state index in [0.29, 0.717) is 46.3 Å². The van der Waals surface area contributed by atoms with Crippen LogP contribution in [0, 0.1) is 0 Å². The van der Waals surface area contributed by atoms with E-state index in [1.807, 2.05) is 38.1 Å². The molecule has 0 saturated heterocycles. The molecule has 0 unspecified atom stereocenters. The number of ether oxygens (including phenoxy) is 5. The summed E-state index contributed by atoms with van der Waals surface area (Å²) in [5.74, 6) is 2.37. The highest BCUT2D eigenvalue weighted by atomic mass is 16.5. The van der Waals surface area contributed by atoms with E-state index in [4.69, 9.17) is 23.7 Å². The second kappa shape index (κ2) is 10.6. The molecule has 2 aromatic carbocycles. The van der Waals surface area contributed by atoms with Crippen LogP contribution in [0.15, 0.2) is 29.8 Å². The molecule has 0 aromatic heterocycles. The van der Waals surface area contributed by atoms with Crippen molar-refractivity contribution >= 4 is 17.5 Å². The van der Waals surface area contributed by atoms with Gasteiger partial charge in [0.15, 0.2) is 17.3 Å². The number of carbonyl (C=O) groups is 1. The lowest BCUT2D eigenvalue weighted by Gasteiger charge is -2.19. The van der Waals surface area contributed by atoms with Gasteiger partial charge in [-0.1, -0.05) is 0 Å². The second-order valence-electron chi connectivity index (χ2n) is 6.93. The highest BCUT2D eigenvalue weighted by molar-refractivity contribution is 6.11. The van der Waals surface area contributed by atoms with Crippen molar-refractivity contribution in [2.45, 2.75) is 13.8 Å². The Kier molecular flexibility index (Phi) is 8.19. The molecule has 0 amide bonds. The molecule has 0 aliphatic heterocycles. The Morgan fingerprint density at radius 1 is 0.903 bits per heavy atom. The summed E-state index contributed by atoms with van der Waals surface area (Å²) in [6.07, 6.45) is 1.75. The van der Waals surface area contributed by atoms with Gasteiger partial charge < -0.3 is 28.6 Å². The van der Waals surface area contributed by atoms with Crippen LogP contribution in [-0.4, -0.2) is 54.9 Å². The monoisotopic (exact) mass is 429 g/mol. The molecular weight excluding hydrogens is 398 g/mol. The number of nitrogens with zero attached hydrogens (tertiary/aromatic N) is 1. The molecule has 0 aliphatic carbocycles. The number of ketones is 1. The fourth-order valence-electron chi connectivity index (χ4n) is 3.28. The lowest BCUT2D eigenvalue weighted by Crippen LogP contribution is -2.12. The van der Waals surface area contributed by atoms with Gasteiger partial charge in [0.25, 0.3) is 0 Å². The maximum absolute atomic E-state index is 13.2. The number of methoxy groups -OCH3 is 4. The summed E-state index contributed by atoms with van der Waals surface area (Å²) in [6.45, 7) is 4.24. The number of benzene rings is 2. The molecule has 0 radical (unpaired) electrons. The van der Waals surface area contributed by atoms with Crippen LogP contribution in [0.4, 0.5) is 5.69 Å². The minimum atomic E-state index is -0.109. The topological polar surface area (TPSA) is 66.5 Å². The number of Topliss-reactive ketones (excluding diaryl/α,β-unsaturated/α-hetero) is 1. The van der Waals surface area contributed by atoms with Gasteiger partial charge in [-0.25, -0.2) is 0 Å². The maximum atomic E-state index is 13.2. The van der Waals surface area contributed by atoms with Crippen LogP contribution in [0.25, 0.3) is 6.08 Å². The zero-order chi connectivity index (χ0) is 23.1. The van der Waals surface area contributed by atoms with Crippen LogP contribution < -0.4 is 28.6 Å². The van der Waals surface area contributed by atoms with Crippen LogP contribution in [0.2, 0.25) is 0 Å². The lowest BCUT2D eigenvalue weighted by atomic mass is 10.0. The van der Waals surface area contributed by atoms with Crippen molar-refractivity contribution in [1.29, 1.82) is 0 Å². The molecule has 0 fully saturated rings. The van der Waals surface area contributed by atoms with Crippen molar-refractivity contribution < 1.29 is 28.5 Å². The molecule has 0 bridgehead atoms. The fourth-order valence-corrected chi connectivity index (χ4v) is 3.28. The van der Waals surface area contributed by atoms with E-state index in [1.54, 1.807) is 25.1 Å². The molecular formula is C24H31NO6. The van der Waals surface area contributed by atoms with Crippen LogP contribution in [-0.2, 0) is 0 Å². The normalized spacial score (nSPS) is 11.0. The highest BCUT2D eigenvalue weighted by Crippen LogP contribution is 2.47. The van der Waals surface area contributed by atoms with Crippen molar-refractivity contribution in [3.8, 4) is 28.7 Å². The Hall–Kier alpha value is -3.35. The van der Waals surface area contributed by atoms with Gasteiger partial charge in [0.2, 0.25) is 11.5 Å². The fraction of sp³-hybridized carbons (Fsp3) is 0.375. The van der Waals surface area contributed by atoms with E-state index >= 15 is 0 Å². The number of rotatable bonds is 10. The summed E-state index contributed by atoms with van der Waals surface area (Å²) in [7, 11) is 9.95. The van der Waals surface area contributed by atoms with E-state index in [2.05, 4.69) is 0 Å². The van der Waals surface area contributed by atoms with Crippen LogP contribution in [0.5, 0.6) is 28.7 Å². The summed E-state index contributed by atoms with van der Waals surface area (Å²) in [6, 6.07) is 7.17. The van der Waals surface area contributed by atoms with Crippen molar-refractivity contribution in [1.82, 2.24) is 0 Å². The van der Waals surface area contributed by atoms with Crippen molar-refractivity contribution in [2.24, 2.45) is 0 Å². The zero-order valence-electron chi connectivity index (χ0n) is 19.5. The summed E-state index contributed by atoms with van der Waals surface area (Å²) in [4.78, 5) is 15.1. The Morgan fingerprint density at radius 3 is 2.06 bits per heavy atom. The second-order valence-corrected chi connectivity index (χ2v) is 6.93. The van der Waals surface area contributed by atoms with E-state index in [-0.39, 0.29) is 5.78 Å². The quantitative estimate of drug-likeness (QED) is 0.408. The molecule has 0 spiro atoms. The molecule has 0 heterocycles. The summed E-state index contributed by atoms with van der Waals surface area (Å²) >= 11 is 0.